The fourth-order valence-electron chi connectivity index (χ4n) is 2.54. The number of thiophene rings is 1. The second-order valence-electron chi connectivity index (χ2n) is 5.30. The van der Waals surface area contributed by atoms with Crippen LogP contribution in [-0.2, 0) is 0 Å². The first-order valence-electron chi connectivity index (χ1n) is 6.59. The van der Waals surface area contributed by atoms with Crippen LogP contribution in [0.3, 0.4) is 0 Å². The largest absolute Gasteiger partial charge is 0.477 e. The van der Waals surface area contributed by atoms with Crippen LogP contribution >= 0.6 is 11.3 Å². The maximum Gasteiger partial charge on any atom is 0.345 e. The molecule has 4 nitrogen and oxygen atoms in total. The zero-order chi connectivity index (χ0) is 14.0. The molecule has 1 aromatic heterocycles. The molecule has 0 aliphatic heterocycles. The van der Waals surface area contributed by atoms with Gasteiger partial charge in [-0.15, -0.1) is 11.3 Å². The summed E-state index contributed by atoms with van der Waals surface area (Å²) in [5.41, 5.74) is 0. The Balaban J connectivity index is 2.03. The number of carbonyl (C=O) groups is 2. The summed E-state index contributed by atoms with van der Waals surface area (Å²) >= 11 is 1.05. The average Bonchev–Trinajstić information content (AvgIpc) is 2.87. The average molecular weight is 281 g/mol. The van der Waals surface area contributed by atoms with E-state index in [-0.39, 0.29) is 10.8 Å². The van der Waals surface area contributed by atoms with Gasteiger partial charge in [-0.25, -0.2) is 4.79 Å². The van der Waals surface area contributed by atoms with Crippen molar-refractivity contribution in [2.45, 2.75) is 38.6 Å². The summed E-state index contributed by atoms with van der Waals surface area (Å²) in [5.74, 6) is -0.282. The highest BCUT2D eigenvalue weighted by atomic mass is 32.1. The summed E-state index contributed by atoms with van der Waals surface area (Å²) in [7, 11) is 1.82. The van der Waals surface area contributed by atoms with E-state index in [9.17, 15) is 9.59 Å². The molecule has 1 aromatic rings. The second kappa shape index (κ2) is 5.74. The Labute approximate surface area is 117 Å². The molecule has 1 amide bonds. The topological polar surface area (TPSA) is 57.6 Å². The van der Waals surface area contributed by atoms with Crippen molar-refractivity contribution >= 4 is 23.2 Å². The highest BCUT2D eigenvalue weighted by Gasteiger charge is 2.26. The third-order valence-corrected chi connectivity index (χ3v) is 4.94. The van der Waals surface area contributed by atoms with Gasteiger partial charge in [0.15, 0.2) is 0 Å². The van der Waals surface area contributed by atoms with Gasteiger partial charge < -0.3 is 10.0 Å². The van der Waals surface area contributed by atoms with Crippen molar-refractivity contribution in [3.05, 3.63) is 21.9 Å². The Hall–Kier alpha value is -1.36. The number of hydrogen-bond donors (Lipinski definition) is 1. The monoisotopic (exact) mass is 281 g/mol. The van der Waals surface area contributed by atoms with Gasteiger partial charge in [-0.3, -0.25) is 4.79 Å². The fourth-order valence-corrected chi connectivity index (χ4v) is 3.36. The van der Waals surface area contributed by atoms with Crippen LogP contribution in [0.5, 0.6) is 0 Å². The molecule has 1 fully saturated rings. The van der Waals surface area contributed by atoms with E-state index in [0.29, 0.717) is 10.9 Å². The summed E-state index contributed by atoms with van der Waals surface area (Å²) in [6.07, 6.45) is 4.40. The Morgan fingerprint density at radius 2 is 1.79 bits per heavy atom. The highest BCUT2D eigenvalue weighted by Crippen LogP contribution is 2.28. The maximum atomic E-state index is 12.3. The molecule has 1 heterocycles. The van der Waals surface area contributed by atoms with Crippen molar-refractivity contribution < 1.29 is 14.7 Å². The highest BCUT2D eigenvalue weighted by molar-refractivity contribution is 7.15. The lowest BCUT2D eigenvalue weighted by molar-refractivity contribution is 0.0682. The molecule has 2 rings (SSSR count). The smallest absolute Gasteiger partial charge is 0.345 e. The van der Waals surface area contributed by atoms with Crippen LogP contribution in [0, 0.1) is 5.92 Å². The van der Waals surface area contributed by atoms with E-state index < -0.39 is 5.97 Å². The van der Waals surface area contributed by atoms with E-state index in [1.165, 1.54) is 6.07 Å². The molecule has 0 radical (unpaired) electrons. The van der Waals surface area contributed by atoms with Crippen LogP contribution in [0.2, 0.25) is 0 Å². The lowest BCUT2D eigenvalue weighted by Crippen LogP contribution is -2.38. The van der Waals surface area contributed by atoms with Crippen molar-refractivity contribution in [2.24, 2.45) is 5.92 Å². The Morgan fingerprint density at radius 1 is 1.21 bits per heavy atom. The number of carboxylic acids is 1. The van der Waals surface area contributed by atoms with Crippen molar-refractivity contribution in [2.75, 3.05) is 7.05 Å². The molecular formula is C14H19NO3S. The summed E-state index contributed by atoms with van der Waals surface area (Å²) in [6, 6.07) is 3.40. The van der Waals surface area contributed by atoms with E-state index in [1.807, 2.05) is 7.05 Å². The molecule has 0 unspecified atom stereocenters. The molecule has 104 valence electrons. The zero-order valence-corrected chi connectivity index (χ0v) is 12.1. The first kappa shape index (κ1) is 14.1. The molecular weight excluding hydrogens is 262 g/mol. The van der Waals surface area contributed by atoms with Gasteiger partial charge in [0.1, 0.15) is 4.88 Å². The van der Waals surface area contributed by atoms with E-state index >= 15 is 0 Å². The molecule has 19 heavy (non-hydrogen) atoms. The van der Waals surface area contributed by atoms with Crippen LogP contribution in [0.1, 0.15) is 52.0 Å². The Bertz CT molecular complexity index is 475. The number of carboxylic acid groups (broad SMARTS) is 1. The van der Waals surface area contributed by atoms with E-state index in [1.54, 1.807) is 11.0 Å². The number of nitrogens with zero attached hydrogens (tertiary/aromatic N) is 1. The van der Waals surface area contributed by atoms with Crippen LogP contribution in [-0.4, -0.2) is 35.0 Å². The normalized spacial score (nSPS) is 23.1. The number of hydrogen-bond acceptors (Lipinski definition) is 3. The quantitative estimate of drug-likeness (QED) is 0.926. The predicted molar refractivity (Wildman–Crippen MR) is 74.8 cm³/mol. The number of amides is 1. The molecule has 5 heteroatoms. The first-order valence-corrected chi connectivity index (χ1v) is 7.41. The summed E-state index contributed by atoms with van der Waals surface area (Å²) in [6.45, 7) is 2.25. The van der Waals surface area contributed by atoms with E-state index in [0.717, 1.165) is 42.9 Å². The standard InChI is InChI=1S/C14H19NO3S/c1-9-3-5-10(6-4-9)15(2)13(16)11-7-8-12(19-11)14(17)18/h7-10H,3-6H2,1-2H3,(H,17,18). The van der Waals surface area contributed by atoms with Gasteiger partial charge in [-0.1, -0.05) is 6.92 Å². The maximum absolute atomic E-state index is 12.3. The van der Waals surface area contributed by atoms with Crippen LogP contribution in [0.25, 0.3) is 0 Å². The molecule has 1 N–H and O–H groups in total. The molecule has 0 saturated heterocycles. The fraction of sp³-hybridized carbons (Fsp3) is 0.571. The minimum absolute atomic E-state index is 0.0583. The minimum Gasteiger partial charge on any atom is -0.477 e. The molecule has 1 saturated carbocycles. The van der Waals surface area contributed by atoms with Gasteiger partial charge >= 0.3 is 5.97 Å². The summed E-state index contributed by atoms with van der Waals surface area (Å²) in [4.78, 5) is 25.6. The SMILES string of the molecule is CC1CCC(N(C)C(=O)c2ccc(C(=O)O)s2)CC1. The van der Waals surface area contributed by atoms with Crippen molar-refractivity contribution in [3.8, 4) is 0 Å². The van der Waals surface area contributed by atoms with Gasteiger partial charge in [0.2, 0.25) is 0 Å². The third kappa shape index (κ3) is 3.15. The summed E-state index contributed by atoms with van der Waals surface area (Å²) < 4.78 is 0. The molecule has 0 bridgehead atoms. The number of carbonyl (C=O) groups excluding carboxylic acids is 1. The number of rotatable bonds is 3. The lowest BCUT2D eigenvalue weighted by atomic mass is 9.87. The van der Waals surface area contributed by atoms with Crippen LogP contribution in [0.15, 0.2) is 12.1 Å². The van der Waals surface area contributed by atoms with Gasteiger partial charge in [0.05, 0.1) is 4.88 Å². The van der Waals surface area contributed by atoms with Gasteiger partial charge in [0.25, 0.3) is 5.91 Å². The second-order valence-corrected chi connectivity index (χ2v) is 6.38. The third-order valence-electron chi connectivity index (χ3n) is 3.88. The zero-order valence-electron chi connectivity index (χ0n) is 11.3. The van der Waals surface area contributed by atoms with Gasteiger partial charge in [-0.2, -0.15) is 0 Å². The van der Waals surface area contributed by atoms with Crippen LogP contribution < -0.4 is 0 Å². The summed E-state index contributed by atoms with van der Waals surface area (Å²) in [5, 5.41) is 8.88. The van der Waals surface area contributed by atoms with Gasteiger partial charge in [-0.05, 0) is 43.7 Å². The van der Waals surface area contributed by atoms with Crippen molar-refractivity contribution in [1.82, 2.24) is 4.90 Å². The minimum atomic E-state index is -0.974. The van der Waals surface area contributed by atoms with Crippen molar-refractivity contribution in [1.29, 1.82) is 0 Å². The molecule has 1 aliphatic carbocycles. The Kier molecular flexibility index (Phi) is 4.24. The molecule has 0 spiro atoms. The van der Waals surface area contributed by atoms with Crippen LogP contribution in [0.4, 0.5) is 0 Å². The van der Waals surface area contributed by atoms with Gasteiger partial charge in [0, 0.05) is 13.1 Å². The lowest BCUT2D eigenvalue weighted by Gasteiger charge is -2.33. The predicted octanol–water partition coefficient (Wildman–Crippen LogP) is 3.10. The Morgan fingerprint density at radius 3 is 2.32 bits per heavy atom. The van der Waals surface area contributed by atoms with E-state index in [2.05, 4.69) is 6.92 Å². The first-order chi connectivity index (χ1) is 8.99. The van der Waals surface area contributed by atoms with E-state index in [4.69, 9.17) is 5.11 Å². The molecule has 0 aromatic carbocycles. The molecule has 0 atom stereocenters. The van der Waals surface area contributed by atoms with Crippen molar-refractivity contribution in [3.63, 3.8) is 0 Å². The molecule has 1 aliphatic rings. The number of aromatic carboxylic acids is 1.